The Morgan fingerprint density at radius 3 is 2.85 bits per heavy atom. The van der Waals surface area contributed by atoms with Crippen molar-refractivity contribution in [2.75, 3.05) is 6.61 Å². The van der Waals surface area contributed by atoms with E-state index in [1.165, 1.54) is 0 Å². The van der Waals surface area contributed by atoms with E-state index in [9.17, 15) is 10.2 Å². The van der Waals surface area contributed by atoms with Crippen LogP contribution in [-0.2, 0) is 15.9 Å². The first-order chi connectivity index (χ1) is 12.6. The summed E-state index contributed by atoms with van der Waals surface area (Å²) >= 11 is 0. The van der Waals surface area contributed by atoms with Gasteiger partial charge in [0.05, 0.1) is 12.7 Å². The zero-order valence-corrected chi connectivity index (χ0v) is 14.9. The zero-order chi connectivity index (χ0) is 18.5. The van der Waals surface area contributed by atoms with E-state index in [1.807, 2.05) is 38.1 Å². The summed E-state index contributed by atoms with van der Waals surface area (Å²) in [6.45, 7) is 3.67. The third-order valence-electron chi connectivity index (χ3n) is 4.32. The van der Waals surface area contributed by atoms with Crippen molar-refractivity contribution in [1.82, 2.24) is 10.1 Å². The highest BCUT2D eigenvalue weighted by Crippen LogP contribution is 2.21. The summed E-state index contributed by atoms with van der Waals surface area (Å²) in [5.41, 5.74) is 2.06. The van der Waals surface area contributed by atoms with E-state index in [2.05, 4.69) is 10.1 Å². The summed E-state index contributed by atoms with van der Waals surface area (Å²) in [5.74, 6) is 1.15. The predicted octanol–water partition coefficient (Wildman–Crippen LogP) is 2.02. The molecule has 0 spiro atoms. The van der Waals surface area contributed by atoms with Gasteiger partial charge in [0.1, 0.15) is 12.2 Å². The van der Waals surface area contributed by atoms with E-state index in [0.717, 1.165) is 11.1 Å². The van der Waals surface area contributed by atoms with Crippen molar-refractivity contribution in [3.8, 4) is 11.4 Å². The minimum absolute atomic E-state index is 0.118. The topological polar surface area (TPSA) is 97.8 Å². The van der Waals surface area contributed by atoms with Gasteiger partial charge in [0.2, 0.25) is 11.7 Å². The van der Waals surface area contributed by atoms with Gasteiger partial charge in [-0.1, -0.05) is 35.5 Å². The van der Waals surface area contributed by atoms with E-state index >= 15 is 0 Å². The highest BCUT2D eigenvalue weighted by Gasteiger charge is 2.26. The molecular weight excluding hydrogens is 336 g/mol. The lowest BCUT2D eigenvalue weighted by Crippen LogP contribution is -2.39. The van der Waals surface area contributed by atoms with Gasteiger partial charge in [-0.25, -0.2) is 0 Å². The second kappa shape index (κ2) is 8.55. The van der Waals surface area contributed by atoms with Gasteiger partial charge in [-0.3, -0.25) is 0 Å². The van der Waals surface area contributed by atoms with Crippen LogP contribution >= 0.6 is 0 Å². The summed E-state index contributed by atoms with van der Waals surface area (Å²) in [4.78, 5) is 4.45. The molecule has 0 aliphatic carbocycles. The van der Waals surface area contributed by atoms with Crippen LogP contribution in [0.5, 0.6) is 0 Å². The van der Waals surface area contributed by atoms with Crippen LogP contribution in [0.15, 0.2) is 40.9 Å². The lowest BCUT2D eigenvalue weighted by Gasteiger charge is -2.29. The maximum absolute atomic E-state index is 9.63. The van der Waals surface area contributed by atoms with Crippen LogP contribution in [0.2, 0.25) is 0 Å². The third-order valence-corrected chi connectivity index (χ3v) is 4.32. The lowest BCUT2D eigenvalue weighted by atomic mass is 10.1. The summed E-state index contributed by atoms with van der Waals surface area (Å²) in [7, 11) is 0. The standard InChI is InChI=1S/C19H24N2O5/c1-12-5-3-4-6-14(12)19-20-17(26-21-19)9-7-13(2)24-18-10-8-15(23)16(11-22)25-18/h3-6,8,10,13,15-16,18,22-23H,7,9,11H2,1-2H3/t13-,15+,16-,18+/m1/s1. The molecule has 2 N–H and O–H groups in total. The first kappa shape index (κ1) is 18.7. The molecule has 0 fully saturated rings. The van der Waals surface area contributed by atoms with Gasteiger partial charge >= 0.3 is 0 Å². The fourth-order valence-corrected chi connectivity index (χ4v) is 2.77. The average molecular weight is 360 g/mol. The second-order valence-corrected chi connectivity index (χ2v) is 6.41. The molecule has 0 saturated carbocycles. The summed E-state index contributed by atoms with van der Waals surface area (Å²) in [6, 6.07) is 7.90. The van der Waals surface area contributed by atoms with Gasteiger partial charge in [0.15, 0.2) is 6.29 Å². The summed E-state index contributed by atoms with van der Waals surface area (Å²) in [5, 5.41) is 22.9. The van der Waals surface area contributed by atoms with Crippen LogP contribution in [0.25, 0.3) is 11.4 Å². The Hall–Kier alpha value is -2.06. The van der Waals surface area contributed by atoms with Gasteiger partial charge in [-0.2, -0.15) is 4.98 Å². The largest absolute Gasteiger partial charge is 0.394 e. The maximum Gasteiger partial charge on any atom is 0.227 e. The molecule has 2 aromatic rings. The van der Waals surface area contributed by atoms with Crippen LogP contribution in [0.3, 0.4) is 0 Å². The van der Waals surface area contributed by atoms with E-state index in [4.69, 9.17) is 14.0 Å². The molecule has 0 saturated heterocycles. The number of hydrogen-bond acceptors (Lipinski definition) is 7. The van der Waals surface area contributed by atoms with Gasteiger partial charge in [-0.15, -0.1) is 0 Å². The molecule has 1 aromatic carbocycles. The van der Waals surface area contributed by atoms with Crippen molar-refractivity contribution in [2.45, 2.75) is 51.3 Å². The van der Waals surface area contributed by atoms with Crippen LogP contribution in [0.1, 0.15) is 24.8 Å². The average Bonchev–Trinajstić information content (AvgIpc) is 3.11. The molecule has 1 aromatic heterocycles. The quantitative estimate of drug-likeness (QED) is 0.729. The smallest absolute Gasteiger partial charge is 0.227 e. The van der Waals surface area contributed by atoms with Crippen molar-refractivity contribution in [2.24, 2.45) is 0 Å². The number of aromatic nitrogens is 2. The Morgan fingerprint density at radius 1 is 1.27 bits per heavy atom. The number of aryl methyl sites for hydroxylation is 2. The lowest BCUT2D eigenvalue weighted by molar-refractivity contribution is -0.196. The molecule has 7 nitrogen and oxygen atoms in total. The molecule has 140 valence electrons. The molecule has 4 atom stereocenters. The Balaban J connectivity index is 1.52. The molecule has 7 heteroatoms. The number of rotatable bonds is 7. The molecule has 0 bridgehead atoms. The highest BCUT2D eigenvalue weighted by molar-refractivity contribution is 5.58. The van der Waals surface area contributed by atoms with Gasteiger partial charge < -0.3 is 24.2 Å². The fraction of sp³-hybridized carbons (Fsp3) is 0.474. The number of benzene rings is 1. The number of aliphatic hydroxyl groups is 2. The molecule has 3 rings (SSSR count). The van der Waals surface area contributed by atoms with Gasteiger partial charge in [0, 0.05) is 12.0 Å². The zero-order valence-electron chi connectivity index (χ0n) is 14.9. The van der Waals surface area contributed by atoms with E-state index in [-0.39, 0.29) is 12.7 Å². The first-order valence-corrected chi connectivity index (χ1v) is 8.73. The van der Waals surface area contributed by atoms with E-state index in [1.54, 1.807) is 12.2 Å². The molecule has 26 heavy (non-hydrogen) atoms. The second-order valence-electron chi connectivity index (χ2n) is 6.41. The molecule has 0 unspecified atom stereocenters. The Kier molecular flexibility index (Phi) is 6.16. The SMILES string of the molecule is Cc1ccccc1-c1noc(CC[C@@H](C)O[C@@H]2C=C[C@H](O)[C@@H](CO)O2)n1. The molecule has 0 radical (unpaired) electrons. The summed E-state index contributed by atoms with van der Waals surface area (Å²) in [6.07, 6.45) is 2.31. The molecular formula is C19H24N2O5. The first-order valence-electron chi connectivity index (χ1n) is 8.73. The summed E-state index contributed by atoms with van der Waals surface area (Å²) < 4.78 is 16.6. The molecule has 1 aliphatic rings. The Labute approximate surface area is 152 Å². The number of hydrogen-bond donors (Lipinski definition) is 2. The van der Waals surface area contributed by atoms with Gasteiger partial charge in [0.25, 0.3) is 0 Å². The van der Waals surface area contributed by atoms with E-state index in [0.29, 0.717) is 24.6 Å². The van der Waals surface area contributed by atoms with Crippen molar-refractivity contribution in [3.63, 3.8) is 0 Å². The maximum atomic E-state index is 9.63. The molecule has 0 amide bonds. The van der Waals surface area contributed by atoms with Crippen molar-refractivity contribution < 1.29 is 24.2 Å². The monoisotopic (exact) mass is 360 g/mol. The highest BCUT2D eigenvalue weighted by atomic mass is 16.7. The van der Waals surface area contributed by atoms with Crippen LogP contribution in [0.4, 0.5) is 0 Å². The van der Waals surface area contributed by atoms with Crippen molar-refractivity contribution >= 4 is 0 Å². The van der Waals surface area contributed by atoms with Crippen molar-refractivity contribution in [3.05, 3.63) is 47.9 Å². The number of nitrogens with zero attached hydrogens (tertiary/aromatic N) is 2. The normalized spacial score (nSPS) is 23.9. The van der Waals surface area contributed by atoms with Gasteiger partial charge in [-0.05, 0) is 31.9 Å². The molecule has 2 heterocycles. The van der Waals surface area contributed by atoms with Crippen molar-refractivity contribution in [1.29, 1.82) is 0 Å². The molecule has 1 aliphatic heterocycles. The fourth-order valence-electron chi connectivity index (χ4n) is 2.77. The minimum atomic E-state index is -0.812. The van der Waals surface area contributed by atoms with E-state index < -0.39 is 18.5 Å². The van der Waals surface area contributed by atoms with Crippen LogP contribution in [-0.4, -0.2) is 51.6 Å². The Bertz CT molecular complexity index is 745. The minimum Gasteiger partial charge on any atom is -0.394 e. The third kappa shape index (κ3) is 4.56. The van der Waals surface area contributed by atoms with Crippen LogP contribution in [0, 0.1) is 6.92 Å². The Morgan fingerprint density at radius 2 is 2.08 bits per heavy atom. The number of ether oxygens (including phenoxy) is 2. The predicted molar refractivity (Wildman–Crippen MR) is 94.2 cm³/mol. The van der Waals surface area contributed by atoms with Crippen LogP contribution < -0.4 is 0 Å². The number of aliphatic hydroxyl groups excluding tert-OH is 2.